The smallest absolute Gasteiger partial charge is 0.309 e. The van der Waals surface area contributed by atoms with E-state index < -0.39 is 8.07 Å². The Hall–Kier alpha value is -3.17. The lowest BCUT2D eigenvalue weighted by Crippen LogP contribution is -2.22. The molecule has 1 aliphatic rings. The number of nitrogens with one attached hydrogen (secondary N) is 1. The van der Waals surface area contributed by atoms with Crippen molar-refractivity contribution in [3.63, 3.8) is 0 Å². The van der Waals surface area contributed by atoms with Crippen LogP contribution in [0.1, 0.15) is 6.42 Å². The van der Waals surface area contributed by atoms with E-state index in [9.17, 15) is 9.59 Å². The van der Waals surface area contributed by atoms with Crippen molar-refractivity contribution < 1.29 is 23.8 Å². The van der Waals surface area contributed by atoms with Crippen LogP contribution in [-0.2, 0) is 25.8 Å². The molecule has 3 aromatic rings. The second-order valence-corrected chi connectivity index (χ2v) is 15.7. The number of fused-ring (bicyclic) bond motifs is 1. The van der Waals surface area contributed by atoms with Gasteiger partial charge in [-0.1, -0.05) is 37.8 Å². The molecule has 0 saturated heterocycles. The predicted octanol–water partition coefficient (Wildman–Crippen LogP) is 4.77. The molecule has 1 aliphatic carbocycles. The molecule has 1 amide bonds. The van der Waals surface area contributed by atoms with Gasteiger partial charge in [0, 0.05) is 37.4 Å². The molecule has 1 aromatic carbocycles. The normalized spacial score (nSPS) is 17.3. The zero-order valence-corrected chi connectivity index (χ0v) is 22.0. The third-order valence-corrected chi connectivity index (χ3v) is 7.93. The topological polar surface area (TPSA) is 91.7 Å². The van der Waals surface area contributed by atoms with Crippen molar-refractivity contribution in [1.29, 1.82) is 0 Å². The molecule has 8 nitrogen and oxygen atoms in total. The fourth-order valence-corrected chi connectivity index (χ4v) is 4.83. The van der Waals surface area contributed by atoms with Gasteiger partial charge in [0.1, 0.15) is 23.9 Å². The number of benzene rings is 1. The molecule has 4 rings (SSSR count). The van der Waals surface area contributed by atoms with Gasteiger partial charge in [-0.3, -0.25) is 9.59 Å². The number of methoxy groups -OCH3 is 2. The zero-order valence-electron chi connectivity index (χ0n) is 21.0. The summed E-state index contributed by atoms with van der Waals surface area (Å²) in [5.41, 5.74) is 2.64. The number of para-hydroxylation sites is 1. The second-order valence-electron chi connectivity index (χ2n) is 10.1. The molecule has 1 fully saturated rings. The Morgan fingerprint density at radius 1 is 1.09 bits per heavy atom. The number of rotatable bonds is 10. The van der Waals surface area contributed by atoms with E-state index in [0.717, 1.165) is 28.3 Å². The maximum absolute atomic E-state index is 12.6. The van der Waals surface area contributed by atoms with Gasteiger partial charge in [0.15, 0.2) is 0 Å². The minimum Gasteiger partial charge on any atom is -0.496 e. The fourth-order valence-electron chi connectivity index (χ4n) is 4.07. The molecule has 0 radical (unpaired) electrons. The maximum atomic E-state index is 12.6. The first-order valence-corrected chi connectivity index (χ1v) is 15.5. The number of anilines is 1. The number of carbonyl (C=O) groups is 2. The largest absolute Gasteiger partial charge is 0.496 e. The van der Waals surface area contributed by atoms with Crippen LogP contribution < -0.4 is 10.1 Å². The zero-order chi connectivity index (χ0) is 25.2. The first-order valence-electron chi connectivity index (χ1n) is 11.8. The van der Waals surface area contributed by atoms with Gasteiger partial charge >= 0.3 is 5.97 Å². The van der Waals surface area contributed by atoms with Crippen molar-refractivity contribution in [1.82, 2.24) is 9.55 Å². The van der Waals surface area contributed by atoms with Gasteiger partial charge in [-0.2, -0.15) is 0 Å². The van der Waals surface area contributed by atoms with E-state index in [1.165, 1.54) is 7.11 Å². The summed E-state index contributed by atoms with van der Waals surface area (Å²) in [5.74, 6) is -0.108. The molecule has 1 N–H and O–H groups in total. The van der Waals surface area contributed by atoms with Crippen molar-refractivity contribution in [3.05, 3.63) is 42.6 Å². The van der Waals surface area contributed by atoms with Crippen molar-refractivity contribution in [2.45, 2.75) is 38.8 Å². The highest BCUT2D eigenvalue weighted by Gasteiger charge is 2.49. The van der Waals surface area contributed by atoms with E-state index in [4.69, 9.17) is 19.2 Å². The molecule has 1 saturated carbocycles. The third kappa shape index (κ3) is 5.74. The van der Waals surface area contributed by atoms with E-state index >= 15 is 0 Å². The van der Waals surface area contributed by atoms with Gasteiger partial charge in [0.25, 0.3) is 0 Å². The molecular formula is C26H33N3O5Si. The quantitative estimate of drug-likeness (QED) is 0.247. The number of amides is 1. The number of aromatic nitrogens is 2. The summed E-state index contributed by atoms with van der Waals surface area (Å²) in [7, 11) is 1.79. The summed E-state index contributed by atoms with van der Waals surface area (Å²) in [6, 6.07) is 12.7. The van der Waals surface area contributed by atoms with Crippen LogP contribution in [0.5, 0.6) is 5.75 Å². The number of ether oxygens (including phenoxy) is 3. The van der Waals surface area contributed by atoms with Crippen LogP contribution >= 0.6 is 0 Å². The summed E-state index contributed by atoms with van der Waals surface area (Å²) in [6.07, 6.45) is 2.52. The van der Waals surface area contributed by atoms with E-state index in [2.05, 4.69) is 25.0 Å². The average Bonchev–Trinajstić information content (AvgIpc) is 3.57. The van der Waals surface area contributed by atoms with Crippen molar-refractivity contribution in [2.75, 3.05) is 26.1 Å². The van der Waals surface area contributed by atoms with Crippen LogP contribution in [0.25, 0.3) is 22.2 Å². The van der Waals surface area contributed by atoms with Gasteiger partial charge in [-0.05, 0) is 30.7 Å². The third-order valence-electron chi connectivity index (χ3n) is 6.23. The molecule has 186 valence electrons. The first-order chi connectivity index (χ1) is 16.7. The molecule has 2 aromatic heterocycles. The van der Waals surface area contributed by atoms with Crippen LogP contribution in [0.3, 0.4) is 0 Å². The summed E-state index contributed by atoms with van der Waals surface area (Å²) in [6.45, 7) is 8.01. The SMILES string of the molecule is COC(=O)[C@@H]1C[C@H]1C(=O)Nc1ccc2c(-c3ccccc3OC)cn(COCC[Si](C)(C)C)c2n1. The number of hydrogen-bond donors (Lipinski definition) is 1. The Labute approximate surface area is 206 Å². The van der Waals surface area contributed by atoms with Gasteiger partial charge in [-0.15, -0.1) is 0 Å². The molecule has 0 aliphatic heterocycles. The Morgan fingerprint density at radius 3 is 2.57 bits per heavy atom. The van der Waals surface area contributed by atoms with Crippen LogP contribution in [0.4, 0.5) is 5.82 Å². The molecule has 2 heterocycles. The van der Waals surface area contributed by atoms with Crippen molar-refractivity contribution >= 4 is 36.8 Å². The van der Waals surface area contributed by atoms with E-state index in [-0.39, 0.29) is 23.7 Å². The molecule has 2 atom stereocenters. The molecule has 35 heavy (non-hydrogen) atoms. The Kier molecular flexibility index (Phi) is 7.27. The Bertz CT molecular complexity index is 1230. The number of nitrogens with zero attached hydrogens (tertiary/aromatic N) is 2. The standard InChI is InChI=1S/C26H33N3O5Si/c1-32-22-9-7-6-8-17(22)21-15-29(16-34-12-13-35(3,4)5)24-18(21)10-11-23(27-24)28-25(30)19-14-20(19)26(31)33-2/h6-11,15,19-20H,12-14,16H2,1-5H3,(H,27,28,30)/t19-,20-/m1/s1. The maximum Gasteiger partial charge on any atom is 0.309 e. The number of pyridine rings is 1. The van der Waals surface area contributed by atoms with Gasteiger partial charge in [-0.25, -0.2) is 4.98 Å². The van der Waals surface area contributed by atoms with Crippen molar-refractivity contribution in [2.24, 2.45) is 11.8 Å². The van der Waals surface area contributed by atoms with Gasteiger partial charge in [0.05, 0.1) is 26.1 Å². The van der Waals surface area contributed by atoms with E-state index in [1.54, 1.807) is 13.2 Å². The minimum absolute atomic E-state index is 0.221. The van der Waals surface area contributed by atoms with Crippen LogP contribution in [0.15, 0.2) is 42.6 Å². The molecule has 9 heteroatoms. The molecule has 0 unspecified atom stereocenters. The predicted molar refractivity (Wildman–Crippen MR) is 138 cm³/mol. The van der Waals surface area contributed by atoms with Crippen LogP contribution in [0, 0.1) is 11.8 Å². The highest BCUT2D eigenvalue weighted by atomic mass is 28.3. The first kappa shape index (κ1) is 24.9. The fraction of sp³-hybridized carbons (Fsp3) is 0.423. The summed E-state index contributed by atoms with van der Waals surface area (Å²) in [5, 5.41) is 3.79. The lowest BCUT2D eigenvalue weighted by atomic mass is 10.0. The Morgan fingerprint density at radius 2 is 1.86 bits per heavy atom. The monoisotopic (exact) mass is 495 g/mol. The summed E-state index contributed by atoms with van der Waals surface area (Å²) >= 11 is 0. The highest BCUT2D eigenvalue weighted by Crippen LogP contribution is 2.40. The Balaban J connectivity index is 1.62. The highest BCUT2D eigenvalue weighted by molar-refractivity contribution is 6.76. The lowest BCUT2D eigenvalue weighted by Gasteiger charge is -2.15. The number of esters is 1. The average molecular weight is 496 g/mol. The van der Waals surface area contributed by atoms with E-state index in [1.807, 2.05) is 41.1 Å². The molecular weight excluding hydrogens is 462 g/mol. The van der Waals surface area contributed by atoms with Crippen LogP contribution in [0.2, 0.25) is 25.7 Å². The minimum atomic E-state index is -1.20. The number of carbonyl (C=O) groups excluding carboxylic acids is 2. The van der Waals surface area contributed by atoms with Crippen molar-refractivity contribution in [3.8, 4) is 16.9 Å². The van der Waals surface area contributed by atoms with E-state index in [0.29, 0.717) is 31.2 Å². The van der Waals surface area contributed by atoms with Crippen LogP contribution in [-0.4, -0.2) is 50.3 Å². The number of hydrogen-bond acceptors (Lipinski definition) is 6. The van der Waals surface area contributed by atoms with Gasteiger partial charge < -0.3 is 24.1 Å². The second kappa shape index (κ2) is 10.2. The van der Waals surface area contributed by atoms with Gasteiger partial charge in [0.2, 0.25) is 5.91 Å². The molecule has 0 bridgehead atoms. The summed E-state index contributed by atoms with van der Waals surface area (Å²) in [4.78, 5) is 29.1. The summed E-state index contributed by atoms with van der Waals surface area (Å²) < 4.78 is 18.3. The lowest BCUT2D eigenvalue weighted by molar-refractivity contribution is -0.143. The molecule has 0 spiro atoms.